The number of hydrogen-bond donors (Lipinski definition) is 2. The van der Waals surface area contributed by atoms with Crippen molar-refractivity contribution in [3.63, 3.8) is 0 Å². The molecule has 7 heteroatoms. The molecule has 0 bridgehead atoms. The Morgan fingerprint density at radius 3 is 2.62 bits per heavy atom. The normalized spacial score (nSPS) is 10.9. The maximum atomic E-state index is 5.54. The van der Waals surface area contributed by atoms with Gasteiger partial charge in [0.2, 0.25) is 0 Å². The average Bonchev–Trinajstić information content (AvgIpc) is 2.57. The van der Waals surface area contributed by atoms with Crippen LogP contribution in [0.2, 0.25) is 0 Å². The molecule has 1 aromatic rings. The number of rotatable bonds is 10. The number of aliphatic imine (C=N–C) groups is 1. The zero-order valence-electron chi connectivity index (χ0n) is 15.3. The lowest BCUT2D eigenvalue weighted by molar-refractivity contribution is 0.129. The van der Waals surface area contributed by atoms with Crippen molar-refractivity contribution in [1.82, 2.24) is 15.6 Å². The van der Waals surface area contributed by atoms with Crippen LogP contribution >= 0.6 is 24.0 Å². The minimum Gasteiger partial charge on any atom is -0.381 e. The molecule has 24 heavy (non-hydrogen) atoms. The van der Waals surface area contributed by atoms with Crippen molar-refractivity contribution in [1.29, 1.82) is 0 Å². The minimum atomic E-state index is 0. The van der Waals surface area contributed by atoms with Crippen molar-refractivity contribution in [2.75, 3.05) is 45.8 Å². The van der Waals surface area contributed by atoms with E-state index in [1.165, 1.54) is 6.42 Å². The second-order valence-corrected chi connectivity index (χ2v) is 5.55. The van der Waals surface area contributed by atoms with Gasteiger partial charge < -0.3 is 20.3 Å². The number of guanidine groups is 1. The molecule has 0 amide bonds. The van der Waals surface area contributed by atoms with Crippen LogP contribution in [-0.4, -0.2) is 51.8 Å². The summed E-state index contributed by atoms with van der Waals surface area (Å²) in [4.78, 5) is 10.8. The first-order valence-electron chi connectivity index (χ1n) is 8.33. The van der Waals surface area contributed by atoms with Crippen LogP contribution in [0.4, 0.5) is 5.82 Å². The van der Waals surface area contributed by atoms with Crippen LogP contribution in [-0.2, 0) is 11.3 Å². The van der Waals surface area contributed by atoms with Crippen molar-refractivity contribution in [3.05, 3.63) is 23.9 Å². The Hall–Kier alpha value is -1.09. The molecule has 138 valence electrons. The second-order valence-electron chi connectivity index (χ2n) is 5.55. The van der Waals surface area contributed by atoms with Gasteiger partial charge in [0.1, 0.15) is 5.82 Å². The summed E-state index contributed by atoms with van der Waals surface area (Å²) in [5.41, 5.74) is 0.988. The Morgan fingerprint density at radius 2 is 1.96 bits per heavy atom. The van der Waals surface area contributed by atoms with Gasteiger partial charge in [-0.2, -0.15) is 0 Å². The zero-order valence-corrected chi connectivity index (χ0v) is 17.7. The molecule has 0 atom stereocenters. The van der Waals surface area contributed by atoms with Gasteiger partial charge >= 0.3 is 0 Å². The van der Waals surface area contributed by atoms with Gasteiger partial charge in [-0.05, 0) is 25.0 Å². The first kappa shape index (κ1) is 22.9. The molecular weight excluding hydrogens is 417 g/mol. The van der Waals surface area contributed by atoms with Crippen molar-refractivity contribution in [2.45, 2.75) is 32.7 Å². The maximum Gasteiger partial charge on any atom is 0.191 e. The van der Waals surface area contributed by atoms with E-state index in [1.54, 1.807) is 7.05 Å². The van der Waals surface area contributed by atoms with Crippen molar-refractivity contribution < 1.29 is 4.74 Å². The largest absolute Gasteiger partial charge is 0.381 e. The quantitative estimate of drug-likeness (QED) is 0.249. The number of pyridine rings is 1. The third-order valence-corrected chi connectivity index (χ3v) is 3.31. The molecule has 0 spiro atoms. The molecule has 0 unspecified atom stereocenters. The van der Waals surface area contributed by atoms with E-state index in [4.69, 9.17) is 4.74 Å². The molecule has 6 nitrogen and oxygen atoms in total. The first-order valence-corrected chi connectivity index (χ1v) is 8.33. The SMILES string of the molecule is CCCCOCCCNC(=NC)NCc1cccc(N(C)C)n1.I. The predicted molar refractivity (Wildman–Crippen MR) is 113 cm³/mol. The van der Waals surface area contributed by atoms with Crippen LogP contribution in [0.25, 0.3) is 0 Å². The zero-order chi connectivity index (χ0) is 16.9. The lowest BCUT2D eigenvalue weighted by Crippen LogP contribution is -2.37. The molecule has 0 aliphatic carbocycles. The Balaban J connectivity index is 0.00000529. The van der Waals surface area contributed by atoms with Crippen LogP contribution in [0.15, 0.2) is 23.2 Å². The number of nitrogens with zero attached hydrogens (tertiary/aromatic N) is 3. The Kier molecular flexibility index (Phi) is 13.6. The molecule has 1 heterocycles. The van der Waals surface area contributed by atoms with E-state index in [-0.39, 0.29) is 24.0 Å². The first-order chi connectivity index (χ1) is 11.2. The lowest BCUT2D eigenvalue weighted by Gasteiger charge is -2.14. The monoisotopic (exact) mass is 449 g/mol. The van der Waals surface area contributed by atoms with Crippen LogP contribution in [0.3, 0.4) is 0 Å². The van der Waals surface area contributed by atoms with E-state index in [2.05, 4.69) is 27.5 Å². The smallest absolute Gasteiger partial charge is 0.191 e. The molecule has 0 aromatic carbocycles. The summed E-state index contributed by atoms with van der Waals surface area (Å²) in [7, 11) is 5.75. The number of ether oxygens (including phenoxy) is 1. The average molecular weight is 449 g/mol. The van der Waals surface area contributed by atoms with Gasteiger partial charge in [0, 0.05) is 40.9 Å². The fraction of sp³-hybridized carbons (Fsp3) is 0.647. The molecule has 2 N–H and O–H groups in total. The molecule has 1 aromatic heterocycles. The molecule has 0 aliphatic rings. The Bertz CT molecular complexity index is 468. The summed E-state index contributed by atoms with van der Waals surface area (Å²) in [6.07, 6.45) is 3.28. The molecule has 0 fully saturated rings. The predicted octanol–water partition coefficient (Wildman–Crippen LogP) is 2.64. The fourth-order valence-electron chi connectivity index (χ4n) is 1.94. The van der Waals surface area contributed by atoms with Crippen molar-refractivity contribution in [3.8, 4) is 0 Å². The summed E-state index contributed by atoms with van der Waals surface area (Å²) in [6.45, 7) is 5.31. The third-order valence-electron chi connectivity index (χ3n) is 3.31. The standard InChI is InChI=1S/C17H31N5O.HI/c1-5-6-12-23-13-8-11-19-17(18-2)20-14-15-9-7-10-16(21-15)22(3)4;/h7,9-10H,5-6,8,11-14H2,1-4H3,(H2,18,19,20);1H. The Morgan fingerprint density at radius 1 is 1.21 bits per heavy atom. The molecule has 0 saturated heterocycles. The van der Waals surface area contributed by atoms with Crippen molar-refractivity contribution in [2.24, 2.45) is 4.99 Å². The molecule has 1 rings (SSSR count). The number of unbranched alkanes of at least 4 members (excludes halogenated alkanes) is 1. The topological polar surface area (TPSA) is 61.8 Å². The Labute approximate surface area is 163 Å². The van der Waals surface area contributed by atoms with E-state index < -0.39 is 0 Å². The number of hydrogen-bond acceptors (Lipinski definition) is 4. The third kappa shape index (κ3) is 9.92. The summed E-state index contributed by atoms with van der Waals surface area (Å²) in [5, 5.41) is 6.57. The number of aromatic nitrogens is 1. The number of halogens is 1. The van der Waals surface area contributed by atoms with Crippen LogP contribution < -0.4 is 15.5 Å². The minimum absolute atomic E-state index is 0. The van der Waals surface area contributed by atoms with E-state index >= 15 is 0 Å². The molecule has 0 saturated carbocycles. The van der Waals surface area contributed by atoms with Gasteiger partial charge in [-0.15, -0.1) is 24.0 Å². The second kappa shape index (κ2) is 14.3. The van der Waals surface area contributed by atoms with Crippen LogP contribution in [0.1, 0.15) is 31.9 Å². The van der Waals surface area contributed by atoms with Gasteiger partial charge in [-0.25, -0.2) is 4.98 Å². The summed E-state index contributed by atoms with van der Waals surface area (Å²) >= 11 is 0. The van der Waals surface area contributed by atoms with Crippen molar-refractivity contribution >= 4 is 35.8 Å². The van der Waals surface area contributed by atoms with Gasteiger partial charge in [0.25, 0.3) is 0 Å². The number of nitrogens with one attached hydrogen (secondary N) is 2. The highest BCUT2D eigenvalue weighted by atomic mass is 127. The molecule has 0 aliphatic heterocycles. The molecular formula is C17H32IN5O. The van der Waals surface area contributed by atoms with E-state index in [0.717, 1.165) is 50.1 Å². The summed E-state index contributed by atoms with van der Waals surface area (Å²) in [5.74, 6) is 1.74. The highest BCUT2D eigenvalue weighted by Crippen LogP contribution is 2.07. The van der Waals surface area contributed by atoms with Gasteiger partial charge in [0.05, 0.1) is 12.2 Å². The van der Waals surface area contributed by atoms with Crippen LogP contribution in [0, 0.1) is 0 Å². The van der Waals surface area contributed by atoms with E-state index in [1.807, 2.05) is 37.2 Å². The van der Waals surface area contributed by atoms with Crippen LogP contribution in [0.5, 0.6) is 0 Å². The van der Waals surface area contributed by atoms with E-state index in [0.29, 0.717) is 6.54 Å². The number of anilines is 1. The fourth-order valence-corrected chi connectivity index (χ4v) is 1.94. The lowest BCUT2D eigenvalue weighted by atomic mass is 10.3. The van der Waals surface area contributed by atoms with Gasteiger partial charge in [-0.1, -0.05) is 19.4 Å². The summed E-state index contributed by atoms with van der Waals surface area (Å²) in [6, 6.07) is 6.02. The van der Waals surface area contributed by atoms with Gasteiger partial charge in [0.15, 0.2) is 5.96 Å². The maximum absolute atomic E-state index is 5.54. The molecule has 0 radical (unpaired) electrons. The highest BCUT2D eigenvalue weighted by Gasteiger charge is 2.01. The summed E-state index contributed by atoms with van der Waals surface area (Å²) < 4.78 is 5.54. The van der Waals surface area contributed by atoms with E-state index in [9.17, 15) is 0 Å². The highest BCUT2D eigenvalue weighted by molar-refractivity contribution is 14.0. The van der Waals surface area contributed by atoms with Gasteiger partial charge in [-0.3, -0.25) is 4.99 Å².